The molecule has 0 spiro atoms. The molecule has 1 aliphatic heterocycles. The molecule has 1 aromatic rings. The van der Waals surface area contributed by atoms with E-state index >= 15 is 0 Å². The molecule has 1 fully saturated rings. The number of pyridine rings is 1. The maximum Gasteiger partial charge on any atom is 0.128 e. The van der Waals surface area contributed by atoms with E-state index in [0.717, 1.165) is 25.3 Å². The third kappa shape index (κ3) is 3.08. The molecule has 0 aliphatic carbocycles. The Hall–Kier alpha value is -0.800. The number of anilines is 1. The smallest absolute Gasteiger partial charge is 0.128 e. The highest BCUT2D eigenvalue weighted by atomic mass is 35.5. The van der Waals surface area contributed by atoms with Crippen LogP contribution >= 0.6 is 12.4 Å². The van der Waals surface area contributed by atoms with Gasteiger partial charge in [-0.25, -0.2) is 4.98 Å². The summed E-state index contributed by atoms with van der Waals surface area (Å²) >= 11 is 0. The highest BCUT2D eigenvalue weighted by Gasteiger charge is 2.17. The quantitative estimate of drug-likeness (QED) is 0.795. The first-order valence-electron chi connectivity index (χ1n) is 5.19. The van der Waals surface area contributed by atoms with Crippen molar-refractivity contribution in [1.82, 2.24) is 4.98 Å². The van der Waals surface area contributed by atoms with E-state index in [1.165, 1.54) is 12.0 Å². The van der Waals surface area contributed by atoms with Crippen molar-refractivity contribution in [2.75, 3.05) is 18.0 Å². The van der Waals surface area contributed by atoms with Gasteiger partial charge in [-0.1, -0.05) is 0 Å². The van der Waals surface area contributed by atoms with Crippen LogP contribution in [-0.2, 0) is 0 Å². The Bertz CT molecular complexity index is 316. The second kappa shape index (κ2) is 5.33. The molecule has 4 heteroatoms. The van der Waals surface area contributed by atoms with Crippen molar-refractivity contribution >= 4 is 18.2 Å². The highest BCUT2D eigenvalue weighted by molar-refractivity contribution is 5.85. The Morgan fingerprint density at radius 3 is 3.00 bits per heavy atom. The minimum Gasteiger partial charge on any atom is -0.355 e. The average molecular weight is 228 g/mol. The zero-order valence-electron chi connectivity index (χ0n) is 9.02. The highest BCUT2D eigenvalue weighted by Crippen LogP contribution is 2.17. The largest absolute Gasteiger partial charge is 0.355 e. The van der Waals surface area contributed by atoms with E-state index in [2.05, 4.69) is 22.9 Å². The van der Waals surface area contributed by atoms with Gasteiger partial charge in [-0.3, -0.25) is 0 Å². The number of halogens is 1. The van der Waals surface area contributed by atoms with Gasteiger partial charge in [-0.15, -0.1) is 12.4 Å². The summed E-state index contributed by atoms with van der Waals surface area (Å²) in [5, 5.41) is 0. The van der Waals surface area contributed by atoms with Crippen LogP contribution in [0.25, 0.3) is 0 Å². The first-order chi connectivity index (χ1) is 6.75. The zero-order chi connectivity index (χ0) is 9.97. The first kappa shape index (κ1) is 12.3. The summed E-state index contributed by atoms with van der Waals surface area (Å²) in [6.45, 7) is 4.12. The predicted octanol–water partition coefficient (Wildman–Crippen LogP) is 1.74. The predicted molar refractivity (Wildman–Crippen MR) is 65.6 cm³/mol. The van der Waals surface area contributed by atoms with Crippen molar-refractivity contribution in [1.29, 1.82) is 0 Å². The number of nitrogens with zero attached hydrogens (tertiary/aromatic N) is 2. The van der Waals surface area contributed by atoms with Crippen LogP contribution in [0.3, 0.4) is 0 Å². The monoisotopic (exact) mass is 227 g/mol. The zero-order valence-corrected chi connectivity index (χ0v) is 9.83. The van der Waals surface area contributed by atoms with E-state index < -0.39 is 0 Å². The van der Waals surface area contributed by atoms with Crippen molar-refractivity contribution in [3.05, 3.63) is 23.9 Å². The van der Waals surface area contributed by atoms with Crippen LogP contribution in [0, 0.1) is 6.92 Å². The number of hydrogen-bond acceptors (Lipinski definition) is 3. The number of aryl methyl sites for hydroxylation is 1. The normalized spacial score (nSPS) is 20.9. The molecule has 0 radical (unpaired) electrons. The minimum atomic E-state index is 0. The Morgan fingerprint density at radius 1 is 1.53 bits per heavy atom. The summed E-state index contributed by atoms with van der Waals surface area (Å²) in [6.07, 6.45) is 4.18. The minimum absolute atomic E-state index is 0. The van der Waals surface area contributed by atoms with E-state index in [0.29, 0.717) is 6.04 Å². The number of nitrogens with two attached hydrogens (primary N) is 1. The first-order valence-corrected chi connectivity index (χ1v) is 5.19. The molecule has 0 amide bonds. The van der Waals surface area contributed by atoms with Gasteiger partial charge in [-0.2, -0.15) is 0 Å². The molecule has 0 saturated carbocycles. The Balaban J connectivity index is 0.00000112. The fourth-order valence-corrected chi connectivity index (χ4v) is 1.91. The summed E-state index contributed by atoms with van der Waals surface area (Å²) in [7, 11) is 0. The van der Waals surface area contributed by atoms with Crippen LogP contribution in [0.5, 0.6) is 0 Å². The molecule has 84 valence electrons. The van der Waals surface area contributed by atoms with Crippen LogP contribution in [0.15, 0.2) is 18.3 Å². The lowest BCUT2D eigenvalue weighted by molar-refractivity contribution is 0.503. The van der Waals surface area contributed by atoms with Gasteiger partial charge in [0.25, 0.3) is 0 Å². The van der Waals surface area contributed by atoms with Gasteiger partial charge in [0.05, 0.1) is 0 Å². The molecule has 2 rings (SSSR count). The number of rotatable bonds is 1. The molecule has 15 heavy (non-hydrogen) atoms. The van der Waals surface area contributed by atoms with E-state index in [1.807, 2.05) is 12.3 Å². The summed E-state index contributed by atoms with van der Waals surface area (Å²) in [6, 6.07) is 4.46. The molecule has 2 N–H and O–H groups in total. The van der Waals surface area contributed by atoms with Gasteiger partial charge >= 0.3 is 0 Å². The van der Waals surface area contributed by atoms with Gasteiger partial charge in [0.1, 0.15) is 5.82 Å². The summed E-state index contributed by atoms with van der Waals surface area (Å²) in [5.41, 5.74) is 7.19. The van der Waals surface area contributed by atoms with E-state index in [4.69, 9.17) is 5.73 Å². The van der Waals surface area contributed by atoms with Gasteiger partial charge in [0.2, 0.25) is 0 Å². The molecule has 1 atom stereocenters. The standard InChI is InChI=1S/C11H17N3.ClH/c1-9-4-5-13-11(7-9)14-6-2-3-10(12)8-14;/h4-5,7,10H,2-3,6,8,12H2,1H3;1H. The molecular weight excluding hydrogens is 210 g/mol. The van der Waals surface area contributed by atoms with E-state index in [1.54, 1.807) is 0 Å². The van der Waals surface area contributed by atoms with Crippen molar-refractivity contribution in [3.63, 3.8) is 0 Å². The van der Waals surface area contributed by atoms with Crippen molar-refractivity contribution in [2.45, 2.75) is 25.8 Å². The number of aromatic nitrogens is 1. The van der Waals surface area contributed by atoms with Gasteiger partial charge in [0, 0.05) is 25.3 Å². The summed E-state index contributed by atoms with van der Waals surface area (Å²) in [5.74, 6) is 1.07. The van der Waals surface area contributed by atoms with Gasteiger partial charge in [-0.05, 0) is 37.5 Å². The lowest BCUT2D eigenvalue weighted by atomic mass is 10.1. The second-order valence-electron chi connectivity index (χ2n) is 4.04. The summed E-state index contributed by atoms with van der Waals surface area (Å²) in [4.78, 5) is 6.65. The maximum atomic E-state index is 5.93. The molecule has 1 saturated heterocycles. The lowest BCUT2D eigenvalue weighted by Gasteiger charge is -2.31. The van der Waals surface area contributed by atoms with Gasteiger partial charge in [0.15, 0.2) is 0 Å². The topological polar surface area (TPSA) is 42.2 Å². The van der Waals surface area contributed by atoms with Crippen LogP contribution < -0.4 is 10.6 Å². The molecule has 0 aromatic carbocycles. The summed E-state index contributed by atoms with van der Waals surface area (Å²) < 4.78 is 0. The fourth-order valence-electron chi connectivity index (χ4n) is 1.91. The van der Waals surface area contributed by atoms with Crippen LogP contribution in [0.4, 0.5) is 5.82 Å². The van der Waals surface area contributed by atoms with E-state index in [9.17, 15) is 0 Å². The number of piperidine rings is 1. The molecule has 1 unspecified atom stereocenters. The molecule has 2 heterocycles. The van der Waals surface area contributed by atoms with Crippen molar-refractivity contribution < 1.29 is 0 Å². The molecule has 3 nitrogen and oxygen atoms in total. The van der Waals surface area contributed by atoms with Crippen LogP contribution in [0.1, 0.15) is 18.4 Å². The molecule has 1 aromatic heterocycles. The Labute approximate surface area is 97.1 Å². The molecule has 0 bridgehead atoms. The average Bonchev–Trinajstić information content (AvgIpc) is 2.18. The molecular formula is C11H18ClN3. The Morgan fingerprint density at radius 2 is 2.33 bits per heavy atom. The second-order valence-corrected chi connectivity index (χ2v) is 4.04. The number of hydrogen-bond donors (Lipinski definition) is 1. The molecule has 1 aliphatic rings. The van der Waals surface area contributed by atoms with Crippen molar-refractivity contribution in [2.24, 2.45) is 5.73 Å². The van der Waals surface area contributed by atoms with Crippen molar-refractivity contribution in [3.8, 4) is 0 Å². The van der Waals surface area contributed by atoms with Crippen LogP contribution in [-0.4, -0.2) is 24.1 Å². The van der Waals surface area contributed by atoms with E-state index in [-0.39, 0.29) is 12.4 Å². The third-order valence-corrected chi connectivity index (χ3v) is 2.68. The maximum absolute atomic E-state index is 5.93. The lowest BCUT2D eigenvalue weighted by Crippen LogP contribution is -2.43. The third-order valence-electron chi connectivity index (χ3n) is 2.68. The SMILES string of the molecule is Cc1ccnc(N2CCCC(N)C2)c1.Cl. The van der Waals surface area contributed by atoms with Crippen LogP contribution in [0.2, 0.25) is 0 Å². The Kier molecular flexibility index (Phi) is 4.36. The van der Waals surface area contributed by atoms with Gasteiger partial charge < -0.3 is 10.6 Å². The fraction of sp³-hybridized carbons (Fsp3) is 0.545.